The smallest absolute Gasteiger partial charge is 0.103 e. The average Bonchev–Trinajstić information content (AvgIpc) is 3.12. The molecule has 0 aliphatic carbocycles. The minimum absolute atomic E-state index is 0.500. The molecule has 6 heteroatoms. The van der Waals surface area contributed by atoms with Gasteiger partial charge in [-0.25, -0.2) is 4.68 Å². The Morgan fingerprint density at radius 3 is 2.87 bits per heavy atom. The first-order valence-corrected chi connectivity index (χ1v) is 8.39. The van der Waals surface area contributed by atoms with Gasteiger partial charge in [-0.2, -0.15) is 10.2 Å². The standard InChI is InChI=1S/C17H20ClN5/c1-11-5-12(3-4-19-11)15-7-17-13(6-16(15)18)8-21-23(17)14-9-20-22(2)10-14/h6-12,19H,3-5H2,1-2H3/t11-,12+/m0/s1. The fraction of sp³-hybridized carbons (Fsp3) is 0.412. The summed E-state index contributed by atoms with van der Waals surface area (Å²) in [5, 5.41) is 14.2. The van der Waals surface area contributed by atoms with Crippen LogP contribution in [0.2, 0.25) is 5.02 Å². The van der Waals surface area contributed by atoms with E-state index in [-0.39, 0.29) is 0 Å². The lowest BCUT2D eigenvalue weighted by Gasteiger charge is -2.29. The van der Waals surface area contributed by atoms with Crippen LogP contribution in [0, 0.1) is 0 Å². The van der Waals surface area contributed by atoms with Gasteiger partial charge in [-0.1, -0.05) is 11.6 Å². The maximum Gasteiger partial charge on any atom is 0.103 e. The normalized spacial score (nSPS) is 21.9. The van der Waals surface area contributed by atoms with Crippen LogP contribution in [-0.2, 0) is 7.05 Å². The highest BCUT2D eigenvalue weighted by atomic mass is 35.5. The van der Waals surface area contributed by atoms with Crippen molar-refractivity contribution in [2.75, 3.05) is 6.54 Å². The first-order chi connectivity index (χ1) is 11.1. The molecule has 1 N–H and O–H groups in total. The monoisotopic (exact) mass is 329 g/mol. The molecule has 1 fully saturated rings. The molecule has 0 radical (unpaired) electrons. The molecule has 2 aromatic heterocycles. The predicted molar refractivity (Wildman–Crippen MR) is 92.3 cm³/mol. The van der Waals surface area contributed by atoms with Crippen molar-refractivity contribution in [2.24, 2.45) is 7.05 Å². The minimum Gasteiger partial charge on any atom is -0.314 e. The molecule has 120 valence electrons. The second kappa shape index (κ2) is 5.65. The summed E-state index contributed by atoms with van der Waals surface area (Å²) in [5.74, 6) is 0.500. The Labute approximate surface area is 140 Å². The molecule has 4 rings (SSSR count). The summed E-state index contributed by atoms with van der Waals surface area (Å²) in [6.45, 7) is 3.28. The SMILES string of the molecule is C[C@H]1C[C@H](c2cc3c(cnn3-c3cnn(C)c3)cc2Cl)CCN1. The Kier molecular flexibility index (Phi) is 3.62. The molecule has 0 spiro atoms. The highest BCUT2D eigenvalue weighted by Crippen LogP contribution is 2.35. The van der Waals surface area contributed by atoms with Gasteiger partial charge in [0.15, 0.2) is 0 Å². The molecule has 2 atom stereocenters. The van der Waals surface area contributed by atoms with Crippen LogP contribution < -0.4 is 5.32 Å². The van der Waals surface area contributed by atoms with Crippen molar-refractivity contribution >= 4 is 22.5 Å². The highest BCUT2D eigenvalue weighted by molar-refractivity contribution is 6.32. The zero-order valence-electron chi connectivity index (χ0n) is 13.3. The highest BCUT2D eigenvalue weighted by Gasteiger charge is 2.23. The lowest BCUT2D eigenvalue weighted by atomic mass is 9.86. The zero-order chi connectivity index (χ0) is 16.0. The third-order valence-corrected chi connectivity index (χ3v) is 5.01. The third kappa shape index (κ3) is 2.64. The van der Waals surface area contributed by atoms with E-state index < -0.39 is 0 Å². The molecule has 3 aromatic rings. The van der Waals surface area contributed by atoms with E-state index in [4.69, 9.17) is 11.6 Å². The molecule has 0 unspecified atom stereocenters. The summed E-state index contributed by atoms with van der Waals surface area (Å²) >= 11 is 6.57. The van der Waals surface area contributed by atoms with Gasteiger partial charge in [0.05, 0.1) is 24.1 Å². The number of hydrogen-bond donors (Lipinski definition) is 1. The summed E-state index contributed by atoms with van der Waals surface area (Å²) < 4.78 is 3.72. The maximum absolute atomic E-state index is 6.57. The Morgan fingerprint density at radius 1 is 1.26 bits per heavy atom. The van der Waals surface area contributed by atoms with E-state index in [9.17, 15) is 0 Å². The van der Waals surface area contributed by atoms with Crippen LogP contribution in [0.25, 0.3) is 16.6 Å². The zero-order valence-corrected chi connectivity index (χ0v) is 14.1. The molecule has 5 nitrogen and oxygen atoms in total. The topological polar surface area (TPSA) is 47.7 Å². The van der Waals surface area contributed by atoms with Crippen LogP contribution in [0.5, 0.6) is 0 Å². The van der Waals surface area contributed by atoms with Crippen LogP contribution in [0.15, 0.2) is 30.7 Å². The first-order valence-electron chi connectivity index (χ1n) is 8.01. The van der Waals surface area contributed by atoms with Gasteiger partial charge in [-0.15, -0.1) is 0 Å². The molecule has 1 saturated heterocycles. The number of piperidine rings is 1. The number of halogens is 1. The predicted octanol–water partition coefficient (Wildman–Crippen LogP) is 3.27. The summed E-state index contributed by atoms with van der Waals surface area (Å²) in [6.07, 6.45) is 7.90. The number of aryl methyl sites for hydroxylation is 1. The van der Waals surface area contributed by atoms with Gasteiger partial charge in [0.1, 0.15) is 5.69 Å². The van der Waals surface area contributed by atoms with Crippen molar-refractivity contribution in [3.05, 3.63) is 41.3 Å². The van der Waals surface area contributed by atoms with Crippen molar-refractivity contribution < 1.29 is 0 Å². The Bertz CT molecular complexity index is 850. The fourth-order valence-electron chi connectivity index (χ4n) is 3.51. The fourth-order valence-corrected chi connectivity index (χ4v) is 3.84. The largest absolute Gasteiger partial charge is 0.314 e. The van der Waals surface area contributed by atoms with E-state index in [2.05, 4.69) is 28.5 Å². The summed E-state index contributed by atoms with van der Waals surface area (Å²) in [7, 11) is 1.91. The van der Waals surface area contributed by atoms with Crippen LogP contribution in [0.3, 0.4) is 0 Å². The van der Waals surface area contributed by atoms with E-state index in [1.165, 1.54) is 5.56 Å². The Morgan fingerprint density at radius 2 is 2.13 bits per heavy atom. The molecule has 1 aliphatic heterocycles. The third-order valence-electron chi connectivity index (χ3n) is 4.69. The van der Waals surface area contributed by atoms with Gasteiger partial charge >= 0.3 is 0 Å². The minimum atomic E-state index is 0.500. The van der Waals surface area contributed by atoms with E-state index in [1.54, 1.807) is 4.68 Å². The molecule has 1 aliphatic rings. The van der Waals surface area contributed by atoms with Crippen molar-refractivity contribution in [1.82, 2.24) is 24.9 Å². The molecule has 0 bridgehead atoms. The lowest BCUT2D eigenvalue weighted by Crippen LogP contribution is -2.34. The first kappa shape index (κ1) is 14.7. The molecule has 1 aromatic carbocycles. The lowest BCUT2D eigenvalue weighted by molar-refractivity contribution is 0.381. The second-order valence-electron chi connectivity index (χ2n) is 6.44. The van der Waals surface area contributed by atoms with Gasteiger partial charge in [-0.3, -0.25) is 4.68 Å². The number of nitrogens with one attached hydrogen (secondary N) is 1. The van der Waals surface area contributed by atoms with Crippen molar-refractivity contribution in [3.8, 4) is 5.69 Å². The van der Waals surface area contributed by atoms with Gasteiger partial charge in [-0.05, 0) is 49.9 Å². The maximum atomic E-state index is 6.57. The van der Waals surface area contributed by atoms with Gasteiger partial charge < -0.3 is 5.32 Å². The van der Waals surface area contributed by atoms with E-state index in [0.717, 1.165) is 41.0 Å². The Balaban J connectivity index is 1.81. The molecular formula is C17H20ClN5. The summed E-state index contributed by atoms with van der Waals surface area (Å²) in [5.41, 5.74) is 3.29. The van der Waals surface area contributed by atoms with Gasteiger partial charge in [0, 0.05) is 23.5 Å². The number of nitrogens with zero attached hydrogens (tertiary/aromatic N) is 4. The van der Waals surface area contributed by atoms with Crippen LogP contribution in [-0.4, -0.2) is 32.1 Å². The Hall–Kier alpha value is -1.85. The molecule has 0 saturated carbocycles. The van der Waals surface area contributed by atoms with E-state index >= 15 is 0 Å². The summed E-state index contributed by atoms with van der Waals surface area (Å²) in [6, 6.07) is 4.78. The number of rotatable bonds is 2. The van der Waals surface area contributed by atoms with Crippen molar-refractivity contribution in [3.63, 3.8) is 0 Å². The van der Waals surface area contributed by atoms with Gasteiger partial charge in [0.2, 0.25) is 0 Å². The van der Waals surface area contributed by atoms with E-state index in [0.29, 0.717) is 12.0 Å². The van der Waals surface area contributed by atoms with E-state index in [1.807, 2.05) is 36.4 Å². The van der Waals surface area contributed by atoms with Crippen LogP contribution >= 0.6 is 11.6 Å². The summed E-state index contributed by atoms with van der Waals surface area (Å²) in [4.78, 5) is 0. The molecule has 23 heavy (non-hydrogen) atoms. The van der Waals surface area contributed by atoms with Crippen molar-refractivity contribution in [2.45, 2.75) is 31.7 Å². The van der Waals surface area contributed by atoms with Crippen molar-refractivity contribution in [1.29, 1.82) is 0 Å². The molecular weight excluding hydrogens is 310 g/mol. The molecule has 3 heterocycles. The molecule has 0 amide bonds. The number of aromatic nitrogens is 4. The van der Waals surface area contributed by atoms with Crippen LogP contribution in [0.1, 0.15) is 31.2 Å². The quantitative estimate of drug-likeness (QED) is 0.785. The second-order valence-corrected chi connectivity index (χ2v) is 6.84. The van der Waals surface area contributed by atoms with Gasteiger partial charge in [0.25, 0.3) is 0 Å². The number of hydrogen-bond acceptors (Lipinski definition) is 3. The number of fused-ring (bicyclic) bond motifs is 1. The average molecular weight is 330 g/mol. The number of benzene rings is 1. The van der Waals surface area contributed by atoms with Crippen LogP contribution in [0.4, 0.5) is 0 Å².